The van der Waals surface area contributed by atoms with Gasteiger partial charge >= 0.3 is 0 Å². The Hall–Kier alpha value is -0.580. The summed E-state index contributed by atoms with van der Waals surface area (Å²) < 4.78 is 0. The van der Waals surface area contributed by atoms with Crippen molar-refractivity contribution in [3.05, 3.63) is 12.3 Å². The number of piperazine rings is 1. The van der Waals surface area contributed by atoms with Crippen LogP contribution in [-0.2, 0) is 0 Å². The van der Waals surface area contributed by atoms with E-state index in [9.17, 15) is 0 Å². The van der Waals surface area contributed by atoms with Gasteiger partial charge in [-0.2, -0.15) is 0 Å². The summed E-state index contributed by atoms with van der Waals surface area (Å²) in [6, 6.07) is 0.636. The molecule has 2 aliphatic rings. The molecule has 0 aromatic rings. The smallest absolute Gasteiger partial charge is 0.0376 e. The standard InChI is InChI=1S/C12H24N4/c1-11(10-16-8-6-14-7-9-16)15-12-2-4-13-5-3-12/h12-15H,1-10H2. The predicted octanol–water partition coefficient (Wildman–Crippen LogP) is -0.253. The van der Waals surface area contributed by atoms with Gasteiger partial charge in [-0.3, -0.25) is 4.90 Å². The lowest BCUT2D eigenvalue weighted by Gasteiger charge is -2.31. The molecule has 4 heteroatoms. The molecule has 0 amide bonds. The fourth-order valence-corrected chi connectivity index (χ4v) is 2.44. The first kappa shape index (κ1) is 11.9. The Morgan fingerprint density at radius 3 is 2.44 bits per heavy atom. The van der Waals surface area contributed by atoms with Crippen molar-refractivity contribution in [2.24, 2.45) is 0 Å². The van der Waals surface area contributed by atoms with Gasteiger partial charge in [0.1, 0.15) is 0 Å². The molecule has 2 heterocycles. The third kappa shape index (κ3) is 3.77. The van der Waals surface area contributed by atoms with Gasteiger partial charge in [-0.1, -0.05) is 6.58 Å². The lowest BCUT2D eigenvalue weighted by Crippen LogP contribution is -2.46. The van der Waals surface area contributed by atoms with Crippen molar-refractivity contribution >= 4 is 0 Å². The van der Waals surface area contributed by atoms with E-state index in [-0.39, 0.29) is 0 Å². The van der Waals surface area contributed by atoms with Crippen LogP contribution in [-0.4, -0.2) is 56.8 Å². The molecule has 92 valence electrons. The summed E-state index contributed by atoms with van der Waals surface area (Å²) in [6.45, 7) is 11.9. The first-order valence-electron chi connectivity index (χ1n) is 6.43. The lowest BCUT2D eigenvalue weighted by atomic mass is 10.1. The predicted molar refractivity (Wildman–Crippen MR) is 67.5 cm³/mol. The van der Waals surface area contributed by atoms with E-state index in [2.05, 4.69) is 27.4 Å². The third-order valence-corrected chi connectivity index (χ3v) is 3.37. The van der Waals surface area contributed by atoms with Crippen LogP contribution < -0.4 is 16.0 Å². The number of rotatable bonds is 4. The Bertz CT molecular complexity index is 195. The zero-order valence-corrected chi connectivity index (χ0v) is 10.1. The Labute approximate surface area is 98.5 Å². The van der Waals surface area contributed by atoms with Crippen LogP contribution in [0.5, 0.6) is 0 Å². The quantitative estimate of drug-likeness (QED) is 0.616. The number of nitrogens with one attached hydrogen (secondary N) is 3. The van der Waals surface area contributed by atoms with Crippen molar-refractivity contribution in [3.8, 4) is 0 Å². The Balaban J connectivity index is 1.66. The molecule has 0 atom stereocenters. The van der Waals surface area contributed by atoms with Gasteiger partial charge in [0.2, 0.25) is 0 Å². The molecule has 0 saturated carbocycles. The average Bonchev–Trinajstić information content (AvgIpc) is 2.31. The van der Waals surface area contributed by atoms with E-state index in [1.165, 1.54) is 18.5 Å². The average molecular weight is 224 g/mol. The van der Waals surface area contributed by atoms with Crippen molar-refractivity contribution < 1.29 is 0 Å². The molecule has 0 unspecified atom stereocenters. The van der Waals surface area contributed by atoms with Gasteiger partial charge < -0.3 is 16.0 Å². The second-order valence-corrected chi connectivity index (χ2v) is 4.80. The largest absolute Gasteiger partial charge is 0.385 e. The van der Waals surface area contributed by atoms with E-state index >= 15 is 0 Å². The maximum Gasteiger partial charge on any atom is 0.0376 e. The van der Waals surface area contributed by atoms with E-state index in [4.69, 9.17) is 0 Å². The zero-order valence-electron chi connectivity index (χ0n) is 10.1. The first-order valence-corrected chi connectivity index (χ1v) is 6.43. The van der Waals surface area contributed by atoms with E-state index in [0.717, 1.165) is 45.8 Å². The Kier molecular flexibility index (Phi) is 4.63. The minimum Gasteiger partial charge on any atom is -0.385 e. The molecule has 0 spiro atoms. The van der Waals surface area contributed by atoms with Gasteiger partial charge in [0.05, 0.1) is 0 Å². The molecule has 0 bridgehead atoms. The lowest BCUT2D eigenvalue weighted by molar-refractivity contribution is 0.252. The number of hydrogen-bond donors (Lipinski definition) is 3. The van der Waals surface area contributed by atoms with E-state index in [1.54, 1.807) is 0 Å². The van der Waals surface area contributed by atoms with Gasteiger partial charge in [-0.15, -0.1) is 0 Å². The molecule has 4 nitrogen and oxygen atoms in total. The molecule has 3 N–H and O–H groups in total. The molecule has 2 saturated heterocycles. The Morgan fingerprint density at radius 2 is 1.75 bits per heavy atom. The van der Waals surface area contributed by atoms with Gasteiger partial charge in [0.15, 0.2) is 0 Å². The van der Waals surface area contributed by atoms with Crippen LogP contribution in [0.1, 0.15) is 12.8 Å². The maximum atomic E-state index is 4.15. The van der Waals surface area contributed by atoms with Crippen molar-refractivity contribution in [1.82, 2.24) is 20.9 Å². The van der Waals surface area contributed by atoms with Crippen LogP contribution in [0.25, 0.3) is 0 Å². The van der Waals surface area contributed by atoms with Crippen molar-refractivity contribution in [1.29, 1.82) is 0 Å². The summed E-state index contributed by atoms with van der Waals surface area (Å²) in [4.78, 5) is 2.47. The Morgan fingerprint density at radius 1 is 1.12 bits per heavy atom. The van der Waals surface area contributed by atoms with Gasteiger partial charge in [-0.25, -0.2) is 0 Å². The molecule has 16 heavy (non-hydrogen) atoms. The van der Waals surface area contributed by atoms with Gasteiger partial charge in [-0.05, 0) is 25.9 Å². The summed E-state index contributed by atoms with van der Waals surface area (Å²) in [6.07, 6.45) is 2.45. The fourth-order valence-electron chi connectivity index (χ4n) is 2.44. The number of piperidine rings is 1. The summed E-state index contributed by atoms with van der Waals surface area (Å²) in [5, 5.41) is 10.3. The van der Waals surface area contributed by atoms with Crippen molar-refractivity contribution in [3.63, 3.8) is 0 Å². The van der Waals surface area contributed by atoms with Crippen LogP contribution in [0.3, 0.4) is 0 Å². The minimum atomic E-state index is 0.636. The van der Waals surface area contributed by atoms with E-state index < -0.39 is 0 Å². The second kappa shape index (κ2) is 6.23. The van der Waals surface area contributed by atoms with Crippen LogP contribution in [0.2, 0.25) is 0 Å². The second-order valence-electron chi connectivity index (χ2n) is 4.80. The SMILES string of the molecule is C=C(CN1CCNCC1)NC1CCNCC1. The first-order chi connectivity index (χ1) is 7.84. The van der Waals surface area contributed by atoms with Crippen LogP contribution in [0, 0.1) is 0 Å². The molecular formula is C12H24N4. The summed E-state index contributed by atoms with van der Waals surface area (Å²) in [5.74, 6) is 0. The van der Waals surface area contributed by atoms with Crippen LogP contribution in [0.15, 0.2) is 12.3 Å². The highest BCUT2D eigenvalue weighted by atomic mass is 15.2. The zero-order chi connectivity index (χ0) is 11.2. The highest BCUT2D eigenvalue weighted by molar-refractivity contribution is 4.98. The molecule has 2 fully saturated rings. The normalized spacial score (nSPS) is 24.2. The maximum absolute atomic E-state index is 4.15. The van der Waals surface area contributed by atoms with E-state index in [0.29, 0.717) is 6.04 Å². The topological polar surface area (TPSA) is 39.3 Å². The molecule has 0 radical (unpaired) electrons. The van der Waals surface area contributed by atoms with Gasteiger partial charge in [0, 0.05) is 44.5 Å². The highest BCUT2D eigenvalue weighted by Crippen LogP contribution is 2.05. The minimum absolute atomic E-state index is 0.636. The van der Waals surface area contributed by atoms with Crippen molar-refractivity contribution in [2.45, 2.75) is 18.9 Å². The fraction of sp³-hybridized carbons (Fsp3) is 0.833. The molecular weight excluding hydrogens is 200 g/mol. The monoisotopic (exact) mass is 224 g/mol. The highest BCUT2D eigenvalue weighted by Gasteiger charge is 2.15. The molecule has 2 aliphatic heterocycles. The third-order valence-electron chi connectivity index (χ3n) is 3.37. The number of nitrogens with zero attached hydrogens (tertiary/aromatic N) is 1. The molecule has 0 aromatic carbocycles. The number of hydrogen-bond acceptors (Lipinski definition) is 4. The summed E-state index contributed by atoms with van der Waals surface area (Å²) in [7, 11) is 0. The van der Waals surface area contributed by atoms with Crippen LogP contribution in [0.4, 0.5) is 0 Å². The molecule has 2 rings (SSSR count). The summed E-state index contributed by atoms with van der Waals surface area (Å²) in [5.41, 5.74) is 1.19. The molecule has 0 aliphatic carbocycles. The molecule has 0 aromatic heterocycles. The van der Waals surface area contributed by atoms with Crippen molar-refractivity contribution in [2.75, 3.05) is 45.8 Å². The van der Waals surface area contributed by atoms with Crippen LogP contribution >= 0.6 is 0 Å². The van der Waals surface area contributed by atoms with Gasteiger partial charge in [0.25, 0.3) is 0 Å². The van der Waals surface area contributed by atoms with E-state index in [1.807, 2.05) is 0 Å². The summed E-state index contributed by atoms with van der Waals surface area (Å²) >= 11 is 0.